The summed E-state index contributed by atoms with van der Waals surface area (Å²) in [4.78, 5) is 16.8. The molecule has 2 atom stereocenters. The molecule has 2 heterocycles. The van der Waals surface area contributed by atoms with E-state index in [0.29, 0.717) is 6.54 Å². The molecule has 0 aliphatic carbocycles. The van der Waals surface area contributed by atoms with Gasteiger partial charge in [-0.1, -0.05) is 78.9 Å². The molecule has 1 amide bonds. The normalized spacial score (nSPS) is 13.0. The lowest BCUT2D eigenvalue weighted by Gasteiger charge is -2.23. The number of carbonyl (C=O) groups excluding carboxylic acids is 1. The van der Waals surface area contributed by atoms with Crippen molar-refractivity contribution in [1.82, 2.24) is 20.1 Å². The molecule has 6 heteroatoms. The van der Waals surface area contributed by atoms with Crippen molar-refractivity contribution in [1.29, 1.82) is 0 Å². The average Bonchev–Trinajstić information content (AvgIpc) is 3.42. The fourth-order valence-electron chi connectivity index (χ4n) is 5.00. The van der Waals surface area contributed by atoms with Gasteiger partial charge in [0.1, 0.15) is 0 Å². The second-order valence-corrected chi connectivity index (χ2v) is 9.58. The highest BCUT2D eigenvalue weighted by Gasteiger charge is 2.25. The van der Waals surface area contributed by atoms with E-state index >= 15 is 0 Å². The highest BCUT2D eigenvalue weighted by atomic mass is 16.2. The first-order chi connectivity index (χ1) is 17.9. The van der Waals surface area contributed by atoms with Crippen LogP contribution in [0.15, 0.2) is 84.9 Å². The third-order valence-corrected chi connectivity index (χ3v) is 7.14. The van der Waals surface area contributed by atoms with Crippen LogP contribution in [0.4, 0.5) is 5.69 Å². The second kappa shape index (κ2) is 10.4. The lowest BCUT2D eigenvalue weighted by molar-refractivity contribution is -0.117. The summed E-state index contributed by atoms with van der Waals surface area (Å²) in [7, 11) is 1.88. The minimum absolute atomic E-state index is 0.0321. The van der Waals surface area contributed by atoms with Crippen LogP contribution in [-0.4, -0.2) is 33.3 Å². The maximum Gasteiger partial charge on any atom is 0.241 e. The van der Waals surface area contributed by atoms with E-state index in [1.807, 2.05) is 40.0 Å². The smallest absolute Gasteiger partial charge is 0.241 e. The SMILES string of the molecule is Cc1nn(C)c(C)c1NC(=O)[C@@H](C)NC[C@@H](c1ccccc1)c1c(-c2ccccc2)[nH]c2ccccc12. The number of anilines is 1. The van der Waals surface area contributed by atoms with Crippen molar-refractivity contribution in [3.63, 3.8) is 0 Å². The number of hydrogen-bond acceptors (Lipinski definition) is 3. The highest BCUT2D eigenvalue weighted by Crippen LogP contribution is 2.38. The zero-order valence-corrected chi connectivity index (χ0v) is 21.7. The van der Waals surface area contributed by atoms with Crippen molar-refractivity contribution in [2.45, 2.75) is 32.7 Å². The van der Waals surface area contributed by atoms with Crippen molar-refractivity contribution in [2.75, 3.05) is 11.9 Å². The summed E-state index contributed by atoms with van der Waals surface area (Å²) in [6, 6.07) is 29.0. The Morgan fingerprint density at radius 2 is 1.59 bits per heavy atom. The standard InChI is InChI=1S/C31H33N5O/c1-20-29(22(3)36(4)35-20)34-31(37)21(2)32-19-26(23-13-7-5-8-14-23)28-25-17-11-12-18-27(25)33-30(28)24-15-9-6-10-16-24/h5-18,21,26,32-33H,19H2,1-4H3,(H,34,37)/t21-,26+/m1/s1. The Hall–Kier alpha value is -4.16. The maximum atomic E-state index is 13.1. The summed E-state index contributed by atoms with van der Waals surface area (Å²) in [5.74, 6) is -0.0436. The van der Waals surface area contributed by atoms with E-state index in [4.69, 9.17) is 0 Å². The predicted octanol–water partition coefficient (Wildman–Crippen LogP) is 5.93. The summed E-state index contributed by atoms with van der Waals surface area (Å²) in [5.41, 5.74) is 8.31. The fraction of sp³-hybridized carbons (Fsp3) is 0.226. The molecule has 0 fully saturated rings. The van der Waals surface area contributed by atoms with E-state index in [9.17, 15) is 4.79 Å². The van der Waals surface area contributed by atoms with Gasteiger partial charge >= 0.3 is 0 Å². The van der Waals surface area contributed by atoms with Gasteiger partial charge in [-0.3, -0.25) is 9.48 Å². The molecule has 0 aliphatic rings. The largest absolute Gasteiger partial charge is 0.354 e. The van der Waals surface area contributed by atoms with E-state index in [1.165, 1.54) is 16.5 Å². The molecule has 37 heavy (non-hydrogen) atoms. The molecule has 0 radical (unpaired) electrons. The number of H-pyrrole nitrogens is 1. The number of aromatic nitrogens is 3. The van der Waals surface area contributed by atoms with E-state index in [0.717, 1.165) is 33.8 Å². The molecule has 188 valence electrons. The molecule has 3 aromatic carbocycles. The Morgan fingerprint density at radius 3 is 2.27 bits per heavy atom. The van der Waals surface area contributed by atoms with Gasteiger partial charge in [0, 0.05) is 30.4 Å². The number of para-hydroxylation sites is 1. The molecule has 5 rings (SSSR count). The monoisotopic (exact) mass is 491 g/mol. The van der Waals surface area contributed by atoms with Gasteiger partial charge < -0.3 is 15.6 Å². The van der Waals surface area contributed by atoms with Crippen molar-refractivity contribution in [3.05, 3.63) is 107 Å². The summed E-state index contributed by atoms with van der Waals surface area (Å²) in [6.07, 6.45) is 0. The number of nitrogens with one attached hydrogen (secondary N) is 3. The van der Waals surface area contributed by atoms with E-state index in [-0.39, 0.29) is 11.8 Å². The Balaban J connectivity index is 1.48. The van der Waals surface area contributed by atoms with Gasteiger partial charge in [-0.25, -0.2) is 0 Å². The number of aromatic amines is 1. The van der Waals surface area contributed by atoms with Crippen molar-refractivity contribution in [3.8, 4) is 11.3 Å². The number of amides is 1. The zero-order chi connectivity index (χ0) is 25.9. The van der Waals surface area contributed by atoms with Gasteiger partial charge in [0.15, 0.2) is 0 Å². The Kier molecular flexibility index (Phi) is 6.93. The highest BCUT2D eigenvalue weighted by molar-refractivity contribution is 5.95. The Morgan fingerprint density at radius 1 is 0.946 bits per heavy atom. The molecule has 0 saturated carbocycles. The molecule has 0 bridgehead atoms. The molecule has 0 spiro atoms. The first-order valence-electron chi connectivity index (χ1n) is 12.7. The van der Waals surface area contributed by atoms with Crippen LogP contribution in [-0.2, 0) is 11.8 Å². The third-order valence-electron chi connectivity index (χ3n) is 7.14. The van der Waals surface area contributed by atoms with Gasteiger partial charge in [0.2, 0.25) is 5.91 Å². The van der Waals surface area contributed by atoms with Gasteiger partial charge in [0.25, 0.3) is 0 Å². The predicted molar refractivity (Wildman–Crippen MR) is 151 cm³/mol. The second-order valence-electron chi connectivity index (χ2n) is 9.58. The molecule has 6 nitrogen and oxygen atoms in total. The van der Waals surface area contributed by atoms with E-state index in [1.54, 1.807) is 4.68 Å². The van der Waals surface area contributed by atoms with Crippen LogP contribution in [0.25, 0.3) is 22.2 Å². The molecular formula is C31H33N5O. The topological polar surface area (TPSA) is 74.7 Å². The number of nitrogens with zero attached hydrogens (tertiary/aromatic N) is 2. The first-order valence-corrected chi connectivity index (χ1v) is 12.7. The third kappa shape index (κ3) is 4.93. The molecule has 2 aromatic heterocycles. The van der Waals surface area contributed by atoms with E-state index in [2.05, 4.69) is 93.5 Å². The number of fused-ring (bicyclic) bond motifs is 1. The summed E-state index contributed by atoms with van der Waals surface area (Å²) in [6.45, 7) is 6.38. The molecule has 0 aliphatic heterocycles. The maximum absolute atomic E-state index is 13.1. The first kappa shape index (κ1) is 24.5. The fourth-order valence-corrected chi connectivity index (χ4v) is 5.00. The molecule has 0 saturated heterocycles. The summed E-state index contributed by atoms with van der Waals surface area (Å²) < 4.78 is 1.79. The Bertz CT molecular complexity index is 1520. The number of carbonyl (C=O) groups is 1. The van der Waals surface area contributed by atoms with Crippen LogP contribution >= 0.6 is 0 Å². The number of benzene rings is 3. The van der Waals surface area contributed by atoms with Crippen molar-refractivity contribution in [2.24, 2.45) is 7.05 Å². The van der Waals surface area contributed by atoms with Crippen LogP contribution in [0, 0.1) is 13.8 Å². The Labute approximate surface area is 217 Å². The number of rotatable bonds is 8. The van der Waals surface area contributed by atoms with Crippen LogP contribution in [0.5, 0.6) is 0 Å². The summed E-state index contributed by atoms with van der Waals surface area (Å²) >= 11 is 0. The zero-order valence-electron chi connectivity index (χ0n) is 21.7. The van der Waals surface area contributed by atoms with Crippen LogP contribution in [0.3, 0.4) is 0 Å². The molecule has 5 aromatic rings. The number of aryl methyl sites for hydroxylation is 2. The number of hydrogen-bond donors (Lipinski definition) is 3. The van der Waals surface area contributed by atoms with Gasteiger partial charge in [-0.15, -0.1) is 0 Å². The van der Waals surface area contributed by atoms with Crippen molar-refractivity contribution >= 4 is 22.5 Å². The minimum Gasteiger partial charge on any atom is -0.354 e. The van der Waals surface area contributed by atoms with E-state index < -0.39 is 6.04 Å². The molecular weight excluding hydrogens is 458 g/mol. The van der Waals surface area contributed by atoms with Crippen LogP contribution in [0.2, 0.25) is 0 Å². The van der Waals surface area contributed by atoms with Gasteiger partial charge in [0.05, 0.1) is 28.8 Å². The van der Waals surface area contributed by atoms with Crippen molar-refractivity contribution < 1.29 is 4.79 Å². The quantitative estimate of drug-likeness (QED) is 0.252. The van der Waals surface area contributed by atoms with Crippen LogP contribution in [0.1, 0.15) is 35.4 Å². The van der Waals surface area contributed by atoms with Crippen LogP contribution < -0.4 is 10.6 Å². The summed E-state index contributed by atoms with van der Waals surface area (Å²) in [5, 5.41) is 12.2. The minimum atomic E-state index is -0.393. The lowest BCUT2D eigenvalue weighted by atomic mass is 9.87. The van der Waals surface area contributed by atoms with Gasteiger partial charge in [-0.05, 0) is 43.5 Å². The molecule has 3 N–H and O–H groups in total. The van der Waals surface area contributed by atoms with Gasteiger partial charge in [-0.2, -0.15) is 5.10 Å². The lowest BCUT2D eigenvalue weighted by Crippen LogP contribution is -2.40. The molecule has 0 unspecified atom stereocenters. The average molecular weight is 492 g/mol.